The largest absolute Gasteiger partial charge is 0.453 e. The third kappa shape index (κ3) is 2.00. The molecule has 2 aromatic carbocycles. The van der Waals surface area contributed by atoms with Gasteiger partial charge in [0.1, 0.15) is 5.58 Å². The number of para-hydroxylation sites is 1. The summed E-state index contributed by atoms with van der Waals surface area (Å²) >= 11 is 5.96. The molecule has 102 valence electrons. The molecule has 2 heterocycles. The molecule has 0 radical (unpaired) electrons. The van der Waals surface area contributed by atoms with E-state index >= 15 is 0 Å². The van der Waals surface area contributed by atoms with E-state index in [4.69, 9.17) is 16.0 Å². The molecule has 4 aromatic rings. The third-order valence-corrected chi connectivity index (χ3v) is 3.56. The summed E-state index contributed by atoms with van der Waals surface area (Å²) in [6.45, 7) is 0. The van der Waals surface area contributed by atoms with Crippen molar-refractivity contribution in [3.05, 3.63) is 63.9 Å². The van der Waals surface area contributed by atoms with Crippen LogP contribution in [0.15, 0.2) is 57.7 Å². The highest BCUT2D eigenvalue weighted by atomic mass is 35.5. The first-order chi connectivity index (χ1) is 10.2. The fourth-order valence-corrected chi connectivity index (χ4v) is 2.49. The van der Waals surface area contributed by atoms with E-state index < -0.39 is 0 Å². The number of aromatic amines is 1. The lowest BCUT2D eigenvalue weighted by Gasteiger charge is -2.00. The van der Waals surface area contributed by atoms with Crippen molar-refractivity contribution < 1.29 is 4.42 Å². The van der Waals surface area contributed by atoms with E-state index in [1.165, 1.54) is 0 Å². The minimum Gasteiger partial charge on any atom is -0.453 e. The summed E-state index contributed by atoms with van der Waals surface area (Å²) in [5.74, 6) is 0.918. The Hall–Kier alpha value is -2.59. The number of fused-ring (bicyclic) bond motifs is 2. The summed E-state index contributed by atoms with van der Waals surface area (Å²) < 4.78 is 5.72. The number of nitrogens with zero attached hydrogens (tertiary/aromatic N) is 1. The van der Waals surface area contributed by atoms with Gasteiger partial charge >= 0.3 is 0 Å². The second kappa shape index (κ2) is 4.46. The number of benzene rings is 2. The van der Waals surface area contributed by atoms with Crippen molar-refractivity contribution in [3.8, 4) is 11.6 Å². The first-order valence-electron chi connectivity index (χ1n) is 6.39. The topological polar surface area (TPSA) is 58.9 Å². The van der Waals surface area contributed by atoms with Gasteiger partial charge in [0.25, 0.3) is 5.56 Å². The predicted molar refractivity (Wildman–Crippen MR) is 82.6 cm³/mol. The highest BCUT2D eigenvalue weighted by Gasteiger charge is 2.10. The second-order valence-corrected chi connectivity index (χ2v) is 5.16. The molecule has 4 nitrogen and oxygen atoms in total. The zero-order chi connectivity index (χ0) is 14.4. The number of furan rings is 1. The maximum Gasteiger partial charge on any atom is 0.259 e. The number of halogens is 1. The van der Waals surface area contributed by atoms with Gasteiger partial charge in [-0.3, -0.25) is 4.79 Å². The fraction of sp³-hybridized carbons (Fsp3) is 0. The average Bonchev–Trinajstić information content (AvgIpc) is 2.90. The molecule has 0 unspecified atom stereocenters. The lowest BCUT2D eigenvalue weighted by molar-refractivity contribution is 0.625. The number of nitrogens with one attached hydrogen (secondary N) is 1. The molecule has 0 aliphatic rings. The van der Waals surface area contributed by atoms with Crippen LogP contribution in [0.2, 0.25) is 5.02 Å². The van der Waals surface area contributed by atoms with Crippen LogP contribution < -0.4 is 5.56 Å². The first kappa shape index (κ1) is 12.2. The maximum absolute atomic E-state index is 12.1. The zero-order valence-corrected chi connectivity index (χ0v) is 11.5. The molecule has 0 fully saturated rings. The molecule has 0 atom stereocenters. The van der Waals surface area contributed by atoms with Gasteiger partial charge in [0.2, 0.25) is 0 Å². The van der Waals surface area contributed by atoms with Crippen LogP contribution in [-0.4, -0.2) is 9.97 Å². The molecule has 0 aliphatic carbocycles. The van der Waals surface area contributed by atoms with Crippen molar-refractivity contribution in [1.82, 2.24) is 9.97 Å². The van der Waals surface area contributed by atoms with Gasteiger partial charge in [0.05, 0.1) is 10.9 Å². The van der Waals surface area contributed by atoms with Crippen molar-refractivity contribution in [2.75, 3.05) is 0 Å². The Morgan fingerprint density at radius 1 is 1.10 bits per heavy atom. The molecular weight excluding hydrogens is 288 g/mol. The Morgan fingerprint density at radius 3 is 2.81 bits per heavy atom. The Morgan fingerprint density at radius 2 is 1.95 bits per heavy atom. The van der Waals surface area contributed by atoms with E-state index in [-0.39, 0.29) is 5.56 Å². The van der Waals surface area contributed by atoms with Gasteiger partial charge in [-0.05, 0) is 30.3 Å². The van der Waals surface area contributed by atoms with Crippen LogP contribution in [0.5, 0.6) is 0 Å². The minimum absolute atomic E-state index is 0.216. The molecule has 4 rings (SSSR count). The Balaban J connectivity index is 1.99. The highest BCUT2D eigenvalue weighted by Crippen LogP contribution is 2.26. The molecule has 5 heteroatoms. The number of hydrogen-bond acceptors (Lipinski definition) is 3. The third-order valence-electron chi connectivity index (χ3n) is 3.33. The second-order valence-electron chi connectivity index (χ2n) is 4.72. The number of rotatable bonds is 1. The number of H-pyrrole nitrogens is 1. The highest BCUT2D eigenvalue weighted by molar-refractivity contribution is 6.31. The van der Waals surface area contributed by atoms with E-state index in [0.717, 1.165) is 11.0 Å². The van der Waals surface area contributed by atoms with Gasteiger partial charge in [0, 0.05) is 10.4 Å². The molecule has 2 aromatic heterocycles. The normalized spacial score (nSPS) is 11.3. The molecule has 0 saturated carbocycles. The Labute approximate surface area is 124 Å². The SMILES string of the molecule is O=c1[nH]c(-c2cc3ccccc3o2)nc2cc(Cl)ccc12. The summed E-state index contributed by atoms with van der Waals surface area (Å²) in [7, 11) is 0. The molecule has 0 spiro atoms. The summed E-state index contributed by atoms with van der Waals surface area (Å²) in [6.07, 6.45) is 0. The van der Waals surface area contributed by atoms with Crippen molar-refractivity contribution in [2.45, 2.75) is 0 Å². The molecular formula is C16H9ClN2O2. The summed E-state index contributed by atoms with van der Waals surface area (Å²) in [6, 6.07) is 14.5. The van der Waals surface area contributed by atoms with Crippen LogP contribution in [0, 0.1) is 0 Å². The fourth-order valence-electron chi connectivity index (χ4n) is 2.33. The van der Waals surface area contributed by atoms with E-state index in [1.807, 2.05) is 30.3 Å². The van der Waals surface area contributed by atoms with Gasteiger partial charge < -0.3 is 9.40 Å². The average molecular weight is 297 g/mol. The molecule has 0 aliphatic heterocycles. The monoisotopic (exact) mass is 296 g/mol. The molecule has 21 heavy (non-hydrogen) atoms. The van der Waals surface area contributed by atoms with E-state index in [2.05, 4.69) is 9.97 Å². The molecule has 0 bridgehead atoms. The van der Waals surface area contributed by atoms with Crippen LogP contribution in [-0.2, 0) is 0 Å². The van der Waals surface area contributed by atoms with E-state index in [9.17, 15) is 4.79 Å². The minimum atomic E-state index is -0.216. The van der Waals surface area contributed by atoms with Crippen molar-refractivity contribution in [1.29, 1.82) is 0 Å². The summed E-state index contributed by atoms with van der Waals surface area (Å²) in [5.41, 5.74) is 1.08. The van der Waals surface area contributed by atoms with Crippen LogP contribution in [0.25, 0.3) is 33.5 Å². The summed E-state index contributed by atoms with van der Waals surface area (Å²) in [4.78, 5) is 19.3. The van der Waals surface area contributed by atoms with Crippen LogP contribution >= 0.6 is 11.6 Å². The van der Waals surface area contributed by atoms with Gasteiger partial charge in [0.15, 0.2) is 11.6 Å². The van der Waals surface area contributed by atoms with Crippen molar-refractivity contribution >= 4 is 33.5 Å². The Kier molecular flexibility index (Phi) is 2.59. The van der Waals surface area contributed by atoms with Crippen LogP contribution in [0.4, 0.5) is 0 Å². The lowest BCUT2D eigenvalue weighted by Crippen LogP contribution is -2.09. The van der Waals surface area contributed by atoms with Gasteiger partial charge in [-0.2, -0.15) is 0 Å². The first-order valence-corrected chi connectivity index (χ1v) is 6.77. The smallest absolute Gasteiger partial charge is 0.259 e. The van der Waals surface area contributed by atoms with Gasteiger partial charge in [-0.25, -0.2) is 4.98 Å². The standard InChI is InChI=1S/C16H9ClN2O2/c17-10-5-6-11-12(8-10)18-15(19-16(11)20)14-7-9-3-1-2-4-13(9)21-14/h1-8H,(H,18,19,20). The Bertz CT molecular complexity index is 1000. The predicted octanol–water partition coefficient (Wildman–Crippen LogP) is 3.99. The molecule has 0 amide bonds. The lowest BCUT2D eigenvalue weighted by atomic mass is 10.2. The number of aromatic nitrogens is 2. The number of hydrogen-bond donors (Lipinski definition) is 1. The molecule has 1 N–H and O–H groups in total. The van der Waals surface area contributed by atoms with Crippen LogP contribution in [0.3, 0.4) is 0 Å². The quantitative estimate of drug-likeness (QED) is 0.578. The van der Waals surface area contributed by atoms with E-state index in [1.54, 1.807) is 18.2 Å². The summed E-state index contributed by atoms with van der Waals surface area (Å²) in [5, 5.41) is 2.00. The van der Waals surface area contributed by atoms with Crippen LogP contribution in [0.1, 0.15) is 0 Å². The van der Waals surface area contributed by atoms with Crippen molar-refractivity contribution in [3.63, 3.8) is 0 Å². The van der Waals surface area contributed by atoms with Crippen molar-refractivity contribution in [2.24, 2.45) is 0 Å². The van der Waals surface area contributed by atoms with E-state index in [0.29, 0.717) is 27.5 Å². The molecule has 0 saturated heterocycles. The van der Waals surface area contributed by atoms with Gasteiger partial charge in [-0.15, -0.1) is 0 Å². The zero-order valence-electron chi connectivity index (χ0n) is 10.8. The maximum atomic E-state index is 12.1. The van der Waals surface area contributed by atoms with Gasteiger partial charge in [-0.1, -0.05) is 29.8 Å².